The number of benzene rings is 2. The summed E-state index contributed by atoms with van der Waals surface area (Å²) in [4.78, 5) is 27.0. The number of anilines is 1. The second-order valence-corrected chi connectivity index (χ2v) is 7.13. The summed E-state index contributed by atoms with van der Waals surface area (Å²) in [6.45, 7) is 1.64. The topological polar surface area (TPSA) is 54.3 Å². The first-order valence-electron chi connectivity index (χ1n) is 9.54. The number of halogens is 1. The van der Waals surface area contributed by atoms with Gasteiger partial charge in [0, 0.05) is 30.5 Å². The van der Waals surface area contributed by atoms with Gasteiger partial charge in [0.1, 0.15) is 12.4 Å². The van der Waals surface area contributed by atoms with Gasteiger partial charge in [-0.2, -0.15) is 0 Å². The SMILES string of the molecule is O=C(Cn1ccc2ccc(F)cc21)Nc1cccc(C(=O)N2CCCCC2)c1. The summed E-state index contributed by atoms with van der Waals surface area (Å²) in [6, 6.07) is 13.4. The summed E-state index contributed by atoms with van der Waals surface area (Å²) in [7, 11) is 0. The Hall–Kier alpha value is -3.15. The van der Waals surface area contributed by atoms with Crippen molar-refractivity contribution in [3.8, 4) is 0 Å². The molecule has 3 aromatic rings. The number of nitrogens with zero attached hydrogens (tertiary/aromatic N) is 2. The Bertz CT molecular complexity index is 1020. The molecule has 0 radical (unpaired) electrons. The molecule has 4 rings (SSSR count). The summed E-state index contributed by atoms with van der Waals surface area (Å²) in [5.74, 6) is -0.566. The van der Waals surface area contributed by atoms with Crippen molar-refractivity contribution in [2.75, 3.05) is 18.4 Å². The molecule has 28 heavy (non-hydrogen) atoms. The maximum absolute atomic E-state index is 13.5. The fraction of sp³-hybridized carbons (Fsp3) is 0.273. The van der Waals surface area contributed by atoms with Crippen LogP contribution in [0.2, 0.25) is 0 Å². The van der Waals surface area contributed by atoms with Crippen molar-refractivity contribution in [3.05, 3.63) is 66.1 Å². The number of nitrogens with one attached hydrogen (secondary N) is 1. The van der Waals surface area contributed by atoms with E-state index in [-0.39, 0.29) is 24.2 Å². The monoisotopic (exact) mass is 379 g/mol. The van der Waals surface area contributed by atoms with Crippen LogP contribution in [0.4, 0.5) is 10.1 Å². The van der Waals surface area contributed by atoms with E-state index in [2.05, 4.69) is 5.32 Å². The third-order valence-corrected chi connectivity index (χ3v) is 5.09. The van der Waals surface area contributed by atoms with Crippen molar-refractivity contribution in [1.29, 1.82) is 0 Å². The molecule has 0 aliphatic carbocycles. The molecule has 1 saturated heterocycles. The lowest BCUT2D eigenvalue weighted by atomic mass is 10.1. The zero-order valence-corrected chi connectivity index (χ0v) is 15.5. The Labute approximate surface area is 162 Å². The van der Waals surface area contributed by atoms with E-state index in [4.69, 9.17) is 0 Å². The number of rotatable bonds is 4. The zero-order valence-electron chi connectivity index (χ0n) is 15.5. The molecule has 2 heterocycles. The predicted octanol–water partition coefficient (Wildman–Crippen LogP) is 4.05. The molecule has 1 aromatic heterocycles. The van der Waals surface area contributed by atoms with Gasteiger partial charge in [-0.25, -0.2) is 4.39 Å². The third kappa shape index (κ3) is 3.91. The molecule has 1 fully saturated rings. The molecule has 1 aliphatic rings. The van der Waals surface area contributed by atoms with Gasteiger partial charge in [-0.1, -0.05) is 6.07 Å². The highest BCUT2D eigenvalue weighted by molar-refractivity contribution is 5.97. The van der Waals surface area contributed by atoms with E-state index < -0.39 is 0 Å². The van der Waals surface area contributed by atoms with E-state index in [1.807, 2.05) is 11.0 Å². The molecule has 0 saturated carbocycles. The van der Waals surface area contributed by atoms with Crippen LogP contribution in [0.5, 0.6) is 0 Å². The largest absolute Gasteiger partial charge is 0.339 e. The first kappa shape index (κ1) is 18.2. The minimum Gasteiger partial charge on any atom is -0.339 e. The summed E-state index contributed by atoms with van der Waals surface area (Å²) >= 11 is 0. The van der Waals surface area contributed by atoms with Crippen molar-refractivity contribution in [2.24, 2.45) is 0 Å². The number of likely N-dealkylation sites (tertiary alicyclic amines) is 1. The number of carbonyl (C=O) groups is 2. The van der Waals surface area contributed by atoms with Gasteiger partial charge in [0.2, 0.25) is 5.91 Å². The van der Waals surface area contributed by atoms with Crippen LogP contribution in [0.25, 0.3) is 10.9 Å². The smallest absolute Gasteiger partial charge is 0.253 e. The fourth-order valence-electron chi connectivity index (χ4n) is 3.66. The molecular weight excluding hydrogens is 357 g/mol. The Kier molecular flexibility index (Phi) is 5.10. The molecule has 0 unspecified atom stereocenters. The molecule has 0 spiro atoms. The van der Waals surface area contributed by atoms with Gasteiger partial charge in [0.15, 0.2) is 0 Å². The van der Waals surface area contributed by atoms with Crippen molar-refractivity contribution >= 4 is 28.4 Å². The van der Waals surface area contributed by atoms with E-state index in [1.54, 1.807) is 41.1 Å². The maximum atomic E-state index is 13.5. The van der Waals surface area contributed by atoms with Crippen LogP contribution in [-0.4, -0.2) is 34.4 Å². The van der Waals surface area contributed by atoms with Crippen molar-refractivity contribution in [3.63, 3.8) is 0 Å². The van der Waals surface area contributed by atoms with Gasteiger partial charge in [-0.3, -0.25) is 9.59 Å². The maximum Gasteiger partial charge on any atom is 0.253 e. The molecule has 144 valence electrons. The Morgan fingerprint density at radius 3 is 2.64 bits per heavy atom. The summed E-state index contributed by atoms with van der Waals surface area (Å²) in [6.07, 6.45) is 5.00. The van der Waals surface area contributed by atoms with Crippen LogP contribution >= 0.6 is 0 Å². The van der Waals surface area contributed by atoms with Gasteiger partial charge in [0.05, 0.1) is 5.52 Å². The van der Waals surface area contributed by atoms with Crippen LogP contribution in [-0.2, 0) is 11.3 Å². The number of hydrogen-bond donors (Lipinski definition) is 1. The van der Waals surface area contributed by atoms with E-state index in [1.165, 1.54) is 12.1 Å². The van der Waals surface area contributed by atoms with E-state index in [9.17, 15) is 14.0 Å². The van der Waals surface area contributed by atoms with Gasteiger partial charge in [-0.15, -0.1) is 0 Å². The van der Waals surface area contributed by atoms with Crippen LogP contribution in [0.1, 0.15) is 29.6 Å². The molecule has 0 atom stereocenters. The number of fused-ring (bicyclic) bond motifs is 1. The summed E-state index contributed by atoms with van der Waals surface area (Å²) < 4.78 is 15.2. The Morgan fingerprint density at radius 1 is 1.00 bits per heavy atom. The normalized spacial score (nSPS) is 14.2. The third-order valence-electron chi connectivity index (χ3n) is 5.09. The number of carbonyl (C=O) groups excluding carboxylic acids is 2. The molecule has 6 heteroatoms. The molecule has 5 nitrogen and oxygen atoms in total. The highest BCUT2D eigenvalue weighted by atomic mass is 19.1. The van der Waals surface area contributed by atoms with Crippen molar-refractivity contribution < 1.29 is 14.0 Å². The van der Waals surface area contributed by atoms with E-state index >= 15 is 0 Å². The predicted molar refractivity (Wildman–Crippen MR) is 107 cm³/mol. The molecule has 0 bridgehead atoms. The quantitative estimate of drug-likeness (QED) is 0.744. The minimum absolute atomic E-state index is 0.00248. The second-order valence-electron chi connectivity index (χ2n) is 7.13. The zero-order chi connectivity index (χ0) is 19.5. The average Bonchev–Trinajstić information content (AvgIpc) is 3.10. The molecule has 2 amide bonds. The van der Waals surface area contributed by atoms with Crippen LogP contribution in [0, 0.1) is 5.82 Å². The lowest BCUT2D eigenvalue weighted by Crippen LogP contribution is -2.35. The van der Waals surface area contributed by atoms with Crippen LogP contribution < -0.4 is 5.32 Å². The lowest BCUT2D eigenvalue weighted by molar-refractivity contribution is -0.116. The lowest BCUT2D eigenvalue weighted by Gasteiger charge is -2.26. The number of aromatic nitrogens is 1. The standard InChI is InChI=1S/C22H22FN3O2/c23-18-8-7-16-9-12-26(20(16)14-18)15-21(27)24-19-6-4-5-17(13-19)22(28)25-10-2-1-3-11-25/h4-9,12-14H,1-3,10-11,15H2,(H,24,27). The molecule has 1 aliphatic heterocycles. The molecule has 1 N–H and O–H groups in total. The second kappa shape index (κ2) is 7.84. The summed E-state index contributed by atoms with van der Waals surface area (Å²) in [5, 5.41) is 3.71. The first-order chi connectivity index (χ1) is 13.6. The molecular formula is C22H22FN3O2. The van der Waals surface area contributed by atoms with E-state index in [0.717, 1.165) is 37.7 Å². The van der Waals surface area contributed by atoms with Crippen molar-refractivity contribution in [2.45, 2.75) is 25.8 Å². The van der Waals surface area contributed by atoms with Crippen LogP contribution in [0.15, 0.2) is 54.7 Å². The van der Waals surface area contributed by atoms with Gasteiger partial charge in [-0.05, 0) is 67.1 Å². The fourth-order valence-corrected chi connectivity index (χ4v) is 3.66. The number of piperidine rings is 1. The van der Waals surface area contributed by atoms with Gasteiger partial charge < -0.3 is 14.8 Å². The highest BCUT2D eigenvalue weighted by Gasteiger charge is 2.18. The Balaban J connectivity index is 1.45. The minimum atomic E-state index is -0.336. The van der Waals surface area contributed by atoms with E-state index in [0.29, 0.717) is 16.8 Å². The summed E-state index contributed by atoms with van der Waals surface area (Å²) in [5.41, 5.74) is 1.83. The number of hydrogen-bond acceptors (Lipinski definition) is 2. The highest BCUT2D eigenvalue weighted by Crippen LogP contribution is 2.19. The average molecular weight is 379 g/mol. The van der Waals surface area contributed by atoms with Crippen molar-refractivity contribution in [1.82, 2.24) is 9.47 Å². The van der Waals surface area contributed by atoms with Gasteiger partial charge >= 0.3 is 0 Å². The van der Waals surface area contributed by atoms with Crippen LogP contribution in [0.3, 0.4) is 0 Å². The van der Waals surface area contributed by atoms with Gasteiger partial charge in [0.25, 0.3) is 5.91 Å². The number of amides is 2. The first-order valence-corrected chi connectivity index (χ1v) is 9.54. The Morgan fingerprint density at radius 2 is 1.82 bits per heavy atom. The molecule has 2 aromatic carbocycles.